The van der Waals surface area contributed by atoms with E-state index in [0.29, 0.717) is 17.6 Å². The number of amides is 1. The molecule has 1 aromatic heterocycles. The summed E-state index contributed by atoms with van der Waals surface area (Å²) in [5, 5.41) is 3.02. The van der Waals surface area contributed by atoms with Crippen LogP contribution in [-0.4, -0.2) is 39.0 Å². The normalized spacial score (nSPS) is 14.6. The van der Waals surface area contributed by atoms with E-state index in [4.69, 9.17) is 0 Å². The number of rotatable bonds is 5. The minimum absolute atomic E-state index is 0.0131. The van der Waals surface area contributed by atoms with Crippen LogP contribution in [0.5, 0.6) is 0 Å². The van der Waals surface area contributed by atoms with Gasteiger partial charge in [-0.25, -0.2) is 4.98 Å². The van der Waals surface area contributed by atoms with E-state index in [0.717, 1.165) is 19.5 Å². The molecule has 3 aromatic rings. The van der Waals surface area contributed by atoms with Crippen molar-refractivity contribution in [1.82, 2.24) is 19.8 Å². The van der Waals surface area contributed by atoms with Crippen molar-refractivity contribution in [3.8, 4) is 0 Å². The average Bonchev–Trinajstić information content (AvgIpc) is 2.74. The molecule has 0 radical (unpaired) electrons. The first-order valence-electron chi connectivity index (χ1n) is 9.97. The van der Waals surface area contributed by atoms with Gasteiger partial charge in [0.2, 0.25) is 5.91 Å². The fourth-order valence-electron chi connectivity index (χ4n) is 3.92. The van der Waals surface area contributed by atoms with Crippen molar-refractivity contribution < 1.29 is 4.79 Å². The summed E-state index contributed by atoms with van der Waals surface area (Å²) in [6.07, 6.45) is 2.29. The van der Waals surface area contributed by atoms with E-state index in [1.54, 1.807) is 0 Å². The van der Waals surface area contributed by atoms with E-state index in [1.807, 2.05) is 24.3 Å². The molecule has 0 saturated heterocycles. The first-order valence-corrected chi connectivity index (χ1v) is 9.97. The fraction of sp³-hybridized carbons (Fsp3) is 0.348. The standard InChI is InChI=1S/C23H26N4O2/c1-23(2,26-12-11-17-7-3-4-8-18(17)14-26)16-25-21(28)15-27-20-10-6-5-9-19(20)24-13-22(27)29/h3-10,13H,11-12,14-16H2,1-2H3,(H,25,28). The molecule has 0 fully saturated rings. The summed E-state index contributed by atoms with van der Waals surface area (Å²) < 4.78 is 1.47. The van der Waals surface area contributed by atoms with Crippen LogP contribution in [0.2, 0.25) is 0 Å². The number of hydrogen-bond acceptors (Lipinski definition) is 4. The molecule has 2 aromatic carbocycles. The second kappa shape index (κ2) is 7.79. The van der Waals surface area contributed by atoms with Crippen LogP contribution < -0.4 is 10.9 Å². The highest BCUT2D eigenvalue weighted by atomic mass is 16.2. The van der Waals surface area contributed by atoms with Gasteiger partial charge in [0.15, 0.2) is 0 Å². The maximum atomic E-state index is 12.6. The Balaban J connectivity index is 1.42. The maximum absolute atomic E-state index is 12.6. The Morgan fingerprint density at radius 1 is 1.10 bits per heavy atom. The number of aromatic nitrogens is 2. The molecule has 150 valence electrons. The number of para-hydroxylation sites is 2. The van der Waals surface area contributed by atoms with Gasteiger partial charge < -0.3 is 5.32 Å². The van der Waals surface area contributed by atoms with Crippen LogP contribution in [0, 0.1) is 0 Å². The molecule has 1 amide bonds. The topological polar surface area (TPSA) is 67.2 Å². The van der Waals surface area contributed by atoms with Crippen molar-refractivity contribution in [3.05, 3.63) is 76.2 Å². The number of hydrogen-bond donors (Lipinski definition) is 1. The Labute approximate surface area is 170 Å². The Kier molecular flexibility index (Phi) is 5.20. The van der Waals surface area contributed by atoms with E-state index in [9.17, 15) is 9.59 Å². The van der Waals surface area contributed by atoms with E-state index in [1.165, 1.54) is 21.9 Å². The summed E-state index contributed by atoms with van der Waals surface area (Å²) in [5.74, 6) is -0.172. The average molecular weight is 390 g/mol. The molecule has 1 N–H and O–H groups in total. The molecule has 29 heavy (non-hydrogen) atoms. The molecule has 0 atom stereocenters. The van der Waals surface area contributed by atoms with Crippen LogP contribution in [-0.2, 0) is 24.3 Å². The highest BCUT2D eigenvalue weighted by molar-refractivity contribution is 5.80. The Morgan fingerprint density at radius 3 is 2.66 bits per heavy atom. The van der Waals surface area contributed by atoms with Gasteiger partial charge in [0.05, 0.1) is 17.2 Å². The highest BCUT2D eigenvalue weighted by Crippen LogP contribution is 2.24. The summed E-state index contributed by atoms with van der Waals surface area (Å²) in [7, 11) is 0. The fourth-order valence-corrected chi connectivity index (χ4v) is 3.92. The van der Waals surface area contributed by atoms with Crippen LogP contribution in [0.1, 0.15) is 25.0 Å². The smallest absolute Gasteiger partial charge is 0.269 e. The number of nitrogens with zero attached hydrogens (tertiary/aromatic N) is 3. The predicted molar refractivity (Wildman–Crippen MR) is 114 cm³/mol. The van der Waals surface area contributed by atoms with Crippen LogP contribution >= 0.6 is 0 Å². The molecule has 1 aliphatic heterocycles. The summed E-state index contributed by atoms with van der Waals surface area (Å²) >= 11 is 0. The second-order valence-electron chi connectivity index (χ2n) is 8.20. The Morgan fingerprint density at radius 2 is 1.83 bits per heavy atom. The van der Waals surface area contributed by atoms with Gasteiger partial charge in [-0.1, -0.05) is 36.4 Å². The minimum atomic E-state index is -0.272. The van der Waals surface area contributed by atoms with E-state index >= 15 is 0 Å². The molecule has 1 aliphatic rings. The number of nitrogens with one attached hydrogen (secondary N) is 1. The van der Waals surface area contributed by atoms with Gasteiger partial charge in [-0.2, -0.15) is 0 Å². The second-order valence-corrected chi connectivity index (χ2v) is 8.20. The lowest BCUT2D eigenvalue weighted by Gasteiger charge is -2.41. The van der Waals surface area contributed by atoms with Gasteiger partial charge >= 0.3 is 0 Å². The lowest BCUT2D eigenvalue weighted by Crippen LogP contribution is -2.53. The third-order valence-corrected chi connectivity index (χ3v) is 5.76. The molecule has 0 unspecified atom stereocenters. The third kappa shape index (κ3) is 4.07. The SMILES string of the molecule is CC(C)(CNC(=O)Cn1c(=O)cnc2ccccc21)N1CCc2ccccc2C1. The maximum Gasteiger partial charge on any atom is 0.269 e. The van der Waals surface area contributed by atoms with Crippen molar-refractivity contribution in [2.24, 2.45) is 0 Å². The van der Waals surface area contributed by atoms with Crippen LogP contribution in [0.15, 0.2) is 59.5 Å². The zero-order valence-electron chi connectivity index (χ0n) is 16.9. The van der Waals surface area contributed by atoms with Gasteiger partial charge in [-0.15, -0.1) is 0 Å². The lowest BCUT2D eigenvalue weighted by atomic mass is 9.94. The number of carbonyl (C=O) groups excluding carboxylic acids is 1. The Hall–Kier alpha value is -2.99. The summed E-state index contributed by atoms with van der Waals surface area (Å²) in [6, 6.07) is 15.9. The minimum Gasteiger partial charge on any atom is -0.353 e. The van der Waals surface area contributed by atoms with Crippen LogP contribution in [0.4, 0.5) is 0 Å². The third-order valence-electron chi connectivity index (χ3n) is 5.76. The summed E-state index contributed by atoms with van der Waals surface area (Å²) in [6.45, 7) is 6.65. The van der Waals surface area contributed by atoms with Crippen molar-refractivity contribution in [1.29, 1.82) is 0 Å². The molecule has 0 bridgehead atoms. The zero-order valence-corrected chi connectivity index (χ0v) is 16.9. The van der Waals surface area contributed by atoms with Gasteiger partial charge in [0.1, 0.15) is 6.54 Å². The van der Waals surface area contributed by atoms with Gasteiger partial charge in [-0.3, -0.25) is 19.1 Å². The van der Waals surface area contributed by atoms with Gasteiger partial charge in [0, 0.05) is 25.2 Å². The number of fused-ring (bicyclic) bond motifs is 2. The zero-order chi connectivity index (χ0) is 20.4. The van der Waals surface area contributed by atoms with Crippen molar-refractivity contribution in [2.75, 3.05) is 13.1 Å². The molecule has 0 saturated carbocycles. The molecule has 6 nitrogen and oxygen atoms in total. The lowest BCUT2D eigenvalue weighted by molar-refractivity contribution is -0.122. The van der Waals surface area contributed by atoms with E-state index < -0.39 is 0 Å². The highest BCUT2D eigenvalue weighted by Gasteiger charge is 2.30. The molecule has 6 heteroatoms. The van der Waals surface area contributed by atoms with Crippen LogP contribution in [0.25, 0.3) is 11.0 Å². The molecule has 0 aliphatic carbocycles. The van der Waals surface area contributed by atoms with Crippen LogP contribution in [0.3, 0.4) is 0 Å². The predicted octanol–water partition coefficient (Wildman–Crippen LogP) is 2.35. The number of carbonyl (C=O) groups is 1. The van der Waals surface area contributed by atoms with Gasteiger partial charge in [0.25, 0.3) is 5.56 Å². The van der Waals surface area contributed by atoms with E-state index in [2.05, 4.69) is 53.3 Å². The monoisotopic (exact) mass is 390 g/mol. The van der Waals surface area contributed by atoms with Crippen molar-refractivity contribution >= 4 is 16.9 Å². The quantitative estimate of drug-likeness (QED) is 0.726. The first kappa shape index (κ1) is 19.3. The molecule has 0 spiro atoms. The van der Waals surface area contributed by atoms with Crippen molar-refractivity contribution in [2.45, 2.75) is 38.9 Å². The van der Waals surface area contributed by atoms with Crippen molar-refractivity contribution in [3.63, 3.8) is 0 Å². The van der Waals surface area contributed by atoms with E-state index in [-0.39, 0.29) is 23.6 Å². The largest absolute Gasteiger partial charge is 0.353 e. The molecule has 2 heterocycles. The van der Waals surface area contributed by atoms with Gasteiger partial charge in [-0.05, 0) is 43.5 Å². The first-order chi connectivity index (χ1) is 13.9. The Bertz CT molecular complexity index is 1100. The molecule has 4 rings (SSSR count). The molecular weight excluding hydrogens is 364 g/mol. The summed E-state index contributed by atoms with van der Waals surface area (Å²) in [5.41, 5.74) is 3.68. The molecular formula is C23H26N4O2. The summed E-state index contributed by atoms with van der Waals surface area (Å²) in [4.78, 5) is 31.4. The number of benzene rings is 2.